The van der Waals surface area contributed by atoms with Gasteiger partial charge in [-0.2, -0.15) is 0 Å². The topological polar surface area (TPSA) is 29.5 Å². The molecular weight excluding hydrogens is 214 g/mol. The van der Waals surface area contributed by atoms with Gasteiger partial charge < -0.3 is 14.4 Å². The van der Waals surface area contributed by atoms with E-state index in [0.717, 1.165) is 32.5 Å². The second-order valence-corrected chi connectivity index (χ2v) is 5.70. The van der Waals surface area contributed by atoms with Crippen LogP contribution in [0.2, 0.25) is 0 Å². The Labute approximate surface area is 106 Å². The average molecular weight is 241 g/mol. The van der Waals surface area contributed by atoms with Gasteiger partial charge in [0.2, 0.25) is 0 Å². The van der Waals surface area contributed by atoms with Crippen LogP contribution in [0.3, 0.4) is 0 Å². The molecule has 1 saturated carbocycles. The molecule has 3 nitrogen and oxygen atoms in total. The van der Waals surface area contributed by atoms with Gasteiger partial charge in [0.25, 0.3) is 0 Å². The first-order chi connectivity index (χ1) is 8.08. The molecule has 0 heterocycles. The van der Waals surface area contributed by atoms with Gasteiger partial charge in [0.1, 0.15) is 6.29 Å². The average Bonchev–Trinajstić information content (AvgIpc) is 2.29. The summed E-state index contributed by atoms with van der Waals surface area (Å²) < 4.78 is 5.54. The molecule has 0 unspecified atom stereocenters. The first kappa shape index (κ1) is 14.7. The van der Waals surface area contributed by atoms with E-state index < -0.39 is 0 Å². The summed E-state index contributed by atoms with van der Waals surface area (Å²) in [7, 11) is 2.09. The molecule has 0 amide bonds. The molecule has 0 saturated heterocycles. The summed E-state index contributed by atoms with van der Waals surface area (Å²) in [6.07, 6.45) is 7.31. The van der Waals surface area contributed by atoms with Crippen molar-refractivity contribution in [3.05, 3.63) is 0 Å². The summed E-state index contributed by atoms with van der Waals surface area (Å²) in [5.41, 5.74) is -0.0785. The van der Waals surface area contributed by atoms with Crippen molar-refractivity contribution in [1.82, 2.24) is 4.90 Å². The van der Waals surface area contributed by atoms with Gasteiger partial charge in [0.15, 0.2) is 0 Å². The second kappa shape index (κ2) is 7.12. The van der Waals surface area contributed by atoms with E-state index in [2.05, 4.69) is 11.9 Å². The molecule has 3 heteroatoms. The number of ether oxygens (including phenoxy) is 1. The van der Waals surface area contributed by atoms with Crippen LogP contribution < -0.4 is 0 Å². The lowest BCUT2D eigenvalue weighted by molar-refractivity contribution is -0.119. The fourth-order valence-electron chi connectivity index (χ4n) is 2.63. The molecule has 1 rings (SSSR count). The zero-order valence-corrected chi connectivity index (χ0v) is 11.6. The van der Waals surface area contributed by atoms with Crippen molar-refractivity contribution in [2.24, 2.45) is 5.41 Å². The lowest BCUT2D eigenvalue weighted by Crippen LogP contribution is -2.39. The molecule has 0 radical (unpaired) electrons. The van der Waals surface area contributed by atoms with Crippen LogP contribution in [0.1, 0.15) is 46.0 Å². The molecular formula is C14H27NO2. The molecule has 0 bridgehead atoms. The van der Waals surface area contributed by atoms with Crippen molar-refractivity contribution in [2.45, 2.75) is 52.1 Å². The molecule has 1 fully saturated rings. The van der Waals surface area contributed by atoms with Gasteiger partial charge in [-0.1, -0.05) is 19.3 Å². The van der Waals surface area contributed by atoms with Crippen molar-refractivity contribution in [3.63, 3.8) is 0 Å². The summed E-state index contributed by atoms with van der Waals surface area (Å²) >= 11 is 0. The highest BCUT2D eigenvalue weighted by molar-refractivity contribution is 5.60. The number of nitrogens with zero attached hydrogens (tertiary/aromatic N) is 1. The van der Waals surface area contributed by atoms with E-state index in [1.807, 2.05) is 13.8 Å². The van der Waals surface area contributed by atoms with E-state index in [1.165, 1.54) is 25.5 Å². The molecule has 1 aliphatic carbocycles. The summed E-state index contributed by atoms with van der Waals surface area (Å²) in [6, 6.07) is 0. The van der Waals surface area contributed by atoms with Crippen LogP contribution in [0, 0.1) is 5.41 Å². The molecule has 0 aromatic heterocycles. The third-order valence-corrected chi connectivity index (χ3v) is 3.61. The van der Waals surface area contributed by atoms with E-state index >= 15 is 0 Å². The van der Waals surface area contributed by atoms with Gasteiger partial charge in [-0.25, -0.2) is 0 Å². The number of aldehydes is 1. The normalized spacial score (nSPS) is 19.8. The van der Waals surface area contributed by atoms with Crippen LogP contribution in [0.15, 0.2) is 0 Å². The molecule has 0 N–H and O–H groups in total. The fraction of sp³-hybridized carbons (Fsp3) is 0.929. The van der Waals surface area contributed by atoms with Crippen LogP contribution in [0.25, 0.3) is 0 Å². The number of carbonyl (C=O) groups excluding carboxylic acids is 1. The van der Waals surface area contributed by atoms with Gasteiger partial charge in [0.05, 0.1) is 12.7 Å². The third kappa shape index (κ3) is 5.17. The Morgan fingerprint density at radius 1 is 1.29 bits per heavy atom. The minimum absolute atomic E-state index is 0.0785. The highest BCUT2D eigenvalue weighted by atomic mass is 16.5. The van der Waals surface area contributed by atoms with Gasteiger partial charge in [-0.05, 0) is 33.7 Å². The Bertz CT molecular complexity index is 222. The Morgan fingerprint density at radius 3 is 2.47 bits per heavy atom. The Morgan fingerprint density at radius 2 is 1.94 bits per heavy atom. The Hall–Kier alpha value is -0.410. The van der Waals surface area contributed by atoms with Crippen LogP contribution in [-0.4, -0.2) is 44.0 Å². The summed E-state index contributed by atoms with van der Waals surface area (Å²) in [4.78, 5) is 13.6. The predicted octanol–water partition coefficient (Wildman–Crippen LogP) is 2.49. The second-order valence-electron chi connectivity index (χ2n) is 5.70. The predicted molar refractivity (Wildman–Crippen MR) is 70.2 cm³/mol. The molecule has 1 aliphatic rings. The Kier molecular flexibility index (Phi) is 6.14. The number of rotatable bonds is 7. The minimum atomic E-state index is -0.0785. The smallest absolute Gasteiger partial charge is 0.127 e. The monoisotopic (exact) mass is 241 g/mol. The van der Waals surface area contributed by atoms with Crippen LogP contribution in [-0.2, 0) is 9.53 Å². The Balaban J connectivity index is 2.31. The lowest BCUT2D eigenvalue weighted by Gasteiger charge is -2.35. The molecule has 0 atom stereocenters. The van der Waals surface area contributed by atoms with Gasteiger partial charge in [0, 0.05) is 18.5 Å². The molecule has 100 valence electrons. The van der Waals surface area contributed by atoms with Gasteiger partial charge >= 0.3 is 0 Å². The van der Waals surface area contributed by atoms with Crippen molar-refractivity contribution < 1.29 is 9.53 Å². The van der Waals surface area contributed by atoms with E-state index in [1.54, 1.807) is 0 Å². The first-order valence-corrected chi connectivity index (χ1v) is 6.84. The maximum absolute atomic E-state index is 11.3. The molecule has 0 aromatic rings. The van der Waals surface area contributed by atoms with Crippen LogP contribution in [0.4, 0.5) is 0 Å². The fourth-order valence-corrected chi connectivity index (χ4v) is 2.63. The maximum Gasteiger partial charge on any atom is 0.127 e. The molecule has 0 aliphatic heterocycles. The summed E-state index contributed by atoms with van der Waals surface area (Å²) in [5, 5.41) is 0. The van der Waals surface area contributed by atoms with Gasteiger partial charge in [-0.3, -0.25) is 0 Å². The van der Waals surface area contributed by atoms with Crippen molar-refractivity contribution in [1.29, 1.82) is 0 Å². The largest absolute Gasteiger partial charge is 0.377 e. The van der Waals surface area contributed by atoms with E-state index in [-0.39, 0.29) is 11.5 Å². The quantitative estimate of drug-likeness (QED) is 0.641. The highest BCUT2D eigenvalue weighted by Crippen LogP contribution is 2.34. The van der Waals surface area contributed by atoms with Crippen LogP contribution in [0.5, 0.6) is 0 Å². The third-order valence-electron chi connectivity index (χ3n) is 3.61. The van der Waals surface area contributed by atoms with Crippen molar-refractivity contribution in [2.75, 3.05) is 26.7 Å². The number of carbonyl (C=O) groups is 1. The van der Waals surface area contributed by atoms with E-state index in [9.17, 15) is 4.79 Å². The SMILES string of the molecule is CC(C)OCCN(C)CC1(C=O)CCCCC1. The highest BCUT2D eigenvalue weighted by Gasteiger charge is 2.32. The van der Waals surface area contributed by atoms with E-state index in [4.69, 9.17) is 4.74 Å². The summed E-state index contributed by atoms with van der Waals surface area (Å²) in [5.74, 6) is 0. The lowest BCUT2D eigenvalue weighted by atomic mass is 9.75. The van der Waals surface area contributed by atoms with Crippen molar-refractivity contribution in [3.8, 4) is 0 Å². The summed E-state index contributed by atoms with van der Waals surface area (Å²) in [6.45, 7) is 6.65. The number of hydrogen-bond acceptors (Lipinski definition) is 3. The molecule has 17 heavy (non-hydrogen) atoms. The number of likely N-dealkylation sites (N-methyl/N-ethyl adjacent to an activating group) is 1. The zero-order valence-electron chi connectivity index (χ0n) is 11.6. The van der Waals surface area contributed by atoms with Crippen molar-refractivity contribution >= 4 is 6.29 Å². The zero-order chi connectivity index (χ0) is 12.7. The maximum atomic E-state index is 11.3. The minimum Gasteiger partial charge on any atom is -0.377 e. The van der Waals surface area contributed by atoms with Gasteiger partial charge in [-0.15, -0.1) is 0 Å². The molecule has 0 aromatic carbocycles. The number of hydrogen-bond donors (Lipinski definition) is 0. The standard InChI is InChI=1S/C14H27NO2/c1-13(2)17-10-9-15(3)11-14(12-16)7-5-4-6-8-14/h12-13H,4-11H2,1-3H3. The van der Waals surface area contributed by atoms with E-state index in [0.29, 0.717) is 0 Å². The molecule has 0 spiro atoms. The first-order valence-electron chi connectivity index (χ1n) is 6.84. The van der Waals surface area contributed by atoms with Crippen LogP contribution >= 0.6 is 0 Å².